The van der Waals surface area contributed by atoms with Gasteiger partial charge in [-0.25, -0.2) is 0 Å². The molecule has 0 bridgehead atoms. The predicted molar refractivity (Wildman–Crippen MR) is 67.6 cm³/mol. The fourth-order valence-corrected chi connectivity index (χ4v) is 1.72. The zero-order valence-corrected chi connectivity index (χ0v) is 10.7. The zero-order chi connectivity index (χ0) is 12.8. The molecule has 3 nitrogen and oxygen atoms in total. The molecule has 0 aliphatic rings. The Morgan fingerprint density at radius 3 is 2.88 bits per heavy atom. The molecule has 0 saturated heterocycles. The third kappa shape index (κ3) is 4.46. The van der Waals surface area contributed by atoms with Crippen LogP contribution in [0.5, 0.6) is 0 Å². The van der Waals surface area contributed by atoms with E-state index in [0.717, 1.165) is 5.56 Å². The van der Waals surface area contributed by atoms with Gasteiger partial charge in [-0.15, -0.1) is 0 Å². The van der Waals surface area contributed by atoms with E-state index >= 15 is 0 Å². The van der Waals surface area contributed by atoms with Crippen LogP contribution >= 0.6 is 11.6 Å². The molecule has 1 rings (SSSR count). The van der Waals surface area contributed by atoms with Crippen molar-refractivity contribution in [2.24, 2.45) is 5.92 Å². The number of carbonyl (C=O) groups excluding carboxylic acids is 1. The largest absolute Gasteiger partial charge is 0.344 e. The summed E-state index contributed by atoms with van der Waals surface area (Å²) >= 11 is 5.85. The molecule has 0 aliphatic carbocycles. The fourth-order valence-electron chi connectivity index (χ4n) is 1.51. The number of amides is 1. The van der Waals surface area contributed by atoms with Crippen molar-refractivity contribution in [1.82, 2.24) is 4.90 Å². The van der Waals surface area contributed by atoms with Crippen molar-refractivity contribution in [2.45, 2.75) is 13.3 Å². The summed E-state index contributed by atoms with van der Waals surface area (Å²) in [6.07, 6.45) is 0.315. The summed E-state index contributed by atoms with van der Waals surface area (Å²) in [5.74, 6) is -0.155. The van der Waals surface area contributed by atoms with E-state index in [2.05, 4.69) is 6.07 Å². The maximum Gasteiger partial charge on any atom is 0.226 e. The van der Waals surface area contributed by atoms with E-state index in [1.165, 1.54) is 0 Å². The topological polar surface area (TPSA) is 44.1 Å². The minimum Gasteiger partial charge on any atom is -0.344 e. The summed E-state index contributed by atoms with van der Waals surface area (Å²) in [6, 6.07) is 9.35. The molecule has 0 N–H and O–H groups in total. The number of hydrogen-bond acceptors (Lipinski definition) is 2. The second-order valence-corrected chi connectivity index (χ2v) is 4.55. The Bertz CT molecular complexity index is 439. The van der Waals surface area contributed by atoms with Crippen molar-refractivity contribution in [3.05, 3.63) is 34.9 Å². The molecule has 1 aromatic carbocycles. The second-order valence-electron chi connectivity index (χ2n) is 4.11. The summed E-state index contributed by atoms with van der Waals surface area (Å²) in [7, 11) is 1.71. The highest BCUT2D eigenvalue weighted by molar-refractivity contribution is 6.30. The molecule has 1 atom stereocenters. The number of nitrogens with zero attached hydrogens (tertiary/aromatic N) is 2. The molecule has 1 unspecified atom stereocenters. The van der Waals surface area contributed by atoms with Crippen LogP contribution in [0.25, 0.3) is 0 Å². The lowest BCUT2D eigenvalue weighted by Gasteiger charge is -2.18. The molecule has 0 saturated carbocycles. The highest BCUT2D eigenvalue weighted by Crippen LogP contribution is 2.12. The first kappa shape index (κ1) is 13.5. The highest BCUT2D eigenvalue weighted by Gasteiger charge is 2.12. The van der Waals surface area contributed by atoms with Gasteiger partial charge in [0.1, 0.15) is 0 Å². The third-order valence-electron chi connectivity index (χ3n) is 2.44. The lowest BCUT2D eigenvalue weighted by atomic mass is 10.1. The summed E-state index contributed by atoms with van der Waals surface area (Å²) in [5, 5.41) is 9.31. The van der Waals surface area contributed by atoms with Crippen molar-refractivity contribution in [1.29, 1.82) is 5.26 Å². The van der Waals surface area contributed by atoms with Gasteiger partial charge < -0.3 is 4.90 Å². The average molecular weight is 251 g/mol. The normalized spacial score (nSPS) is 11.6. The maximum atomic E-state index is 11.8. The fraction of sp³-hybridized carbons (Fsp3) is 0.385. The van der Waals surface area contributed by atoms with Gasteiger partial charge in [0, 0.05) is 18.6 Å². The zero-order valence-electron chi connectivity index (χ0n) is 9.98. The molecular weight excluding hydrogens is 236 g/mol. The van der Waals surface area contributed by atoms with Gasteiger partial charge in [-0.3, -0.25) is 4.79 Å². The van der Waals surface area contributed by atoms with Gasteiger partial charge in [-0.1, -0.05) is 23.7 Å². The summed E-state index contributed by atoms with van der Waals surface area (Å²) < 4.78 is 0. The Labute approximate surface area is 107 Å². The summed E-state index contributed by atoms with van der Waals surface area (Å²) in [4.78, 5) is 13.4. The number of benzene rings is 1. The van der Waals surface area contributed by atoms with Crippen LogP contribution in [-0.2, 0) is 11.2 Å². The maximum absolute atomic E-state index is 11.8. The molecule has 0 fully saturated rings. The van der Waals surface area contributed by atoms with Crippen LogP contribution in [0.2, 0.25) is 5.02 Å². The second kappa shape index (κ2) is 6.27. The van der Waals surface area contributed by atoms with Crippen LogP contribution < -0.4 is 0 Å². The van der Waals surface area contributed by atoms with Gasteiger partial charge in [0.2, 0.25) is 5.91 Å². The molecule has 1 amide bonds. The number of nitriles is 1. The quantitative estimate of drug-likeness (QED) is 0.824. The van der Waals surface area contributed by atoms with E-state index in [4.69, 9.17) is 16.9 Å². The summed E-state index contributed by atoms with van der Waals surface area (Å²) in [5.41, 5.74) is 0.888. The van der Waals surface area contributed by atoms with Crippen molar-refractivity contribution in [2.75, 3.05) is 13.6 Å². The Balaban J connectivity index is 2.58. The van der Waals surface area contributed by atoms with Crippen LogP contribution in [0, 0.1) is 17.2 Å². The number of likely N-dealkylation sites (N-methyl/N-ethyl adjacent to an activating group) is 1. The molecule has 0 heterocycles. The Kier molecular flexibility index (Phi) is 4.99. The van der Waals surface area contributed by atoms with E-state index in [0.29, 0.717) is 18.0 Å². The van der Waals surface area contributed by atoms with Crippen LogP contribution in [0.3, 0.4) is 0 Å². The minimum absolute atomic E-state index is 0.00522. The average Bonchev–Trinajstić information content (AvgIpc) is 2.28. The lowest BCUT2D eigenvalue weighted by molar-refractivity contribution is -0.129. The van der Waals surface area contributed by atoms with Crippen molar-refractivity contribution in [3.8, 4) is 6.07 Å². The van der Waals surface area contributed by atoms with E-state index in [-0.39, 0.29) is 11.8 Å². The van der Waals surface area contributed by atoms with Crippen molar-refractivity contribution in [3.63, 3.8) is 0 Å². The van der Waals surface area contributed by atoms with Gasteiger partial charge in [-0.2, -0.15) is 5.26 Å². The van der Waals surface area contributed by atoms with Crippen LogP contribution in [0.1, 0.15) is 12.5 Å². The van der Waals surface area contributed by atoms with Crippen LogP contribution in [0.15, 0.2) is 24.3 Å². The number of rotatable bonds is 4. The Morgan fingerprint density at radius 1 is 1.59 bits per heavy atom. The van der Waals surface area contributed by atoms with Gasteiger partial charge in [-0.05, 0) is 24.6 Å². The van der Waals surface area contributed by atoms with Gasteiger partial charge >= 0.3 is 0 Å². The Hall–Kier alpha value is -1.53. The molecule has 17 heavy (non-hydrogen) atoms. The Morgan fingerprint density at radius 2 is 2.29 bits per heavy atom. The minimum atomic E-state index is -0.150. The molecular formula is C13H15ClN2O. The van der Waals surface area contributed by atoms with Crippen molar-refractivity contribution < 1.29 is 4.79 Å². The first-order chi connectivity index (χ1) is 8.02. The smallest absolute Gasteiger partial charge is 0.226 e. The molecule has 90 valence electrons. The number of halogens is 1. The summed E-state index contributed by atoms with van der Waals surface area (Å²) in [6.45, 7) is 2.25. The molecule has 0 aliphatic heterocycles. The molecule has 0 spiro atoms. The SMILES string of the molecule is CC(C#N)CN(C)C(=O)Cc1cccc(Cl)c1. The van der Waals surface area contributed by atoms with E-state index < -0.39 is 0 Å². The van der Waals surface area contributed by atoms with E-state index in [9.17, 15) is 4.79 Å². The van der Waals surface area contributed by atoms with Crippen LogP contribution in [-0.4, -0.2) is 24.4 Å². The first-order valence-corrected chi connectivity index (χ1v) is 5.78. The first-order valence-electron chi connectivity index (χ1n) is 5.41. The van der Waals surface area contributed by atoms with Gasteiger partial charge in [0.05, 0.1) is 18.4 Å². The monoisotopic (exact) mass is 250 g/mol. The van der Waals surface area contributed by atoms with Gasteiger partial charge in [0.15, 0.2) is 0 Å². The molecule has 1 aromatic rings. The molecule has 4 heteroatoms. The standard InChI is InChI=1S/C13H15ClN2O/c1-10(8-15)9-16(2)13(17)7-11-4-3-5-12(14)6-11/h3-6,10H,7,9H2,1-2H3. The van der Waals surface area contributed by atoms with E-state index in [1.807, 2.05) is 12.1 Å². The predicted octanol–water partition coefficient (Wildman–Crippen LogP) is 2.50. The lowest BCUT2D eigenvalue weighted by Crippen LogP contribution is -2.31. The highest BCUT2D eigenvalue weighted by atomic mass is 35.5. The number of carbonyl (C=O) groups is 1. The molecule has 0 radical (unpaired) electrons. The number of hydrogen-bond donors (Lipinski definition) is 0. The van der Waals surface area contributed by atoms with Crippen molar-refractivity contribution >= 4 is 17.5 Å². The van der Waals surface area contributed by atoms with Gasteiger partial charge in [0.25, 0.3) is 0 Å². The van der Waals surface area contributed by atoms with E-state index in [1.54, 1.807) is 31.0 Å². The van der Waals surface area contributed by atoms with Crippen LogP contribution in [0.4, 0.5) is 0 Å². The molecule has 0 aromatic heterocycles. The third-order valence-corrected chi connectivity index (χ3v) is 2.67.